The number of ether oxygens (including phenoxy) is 1. The number of amides is 1. The standard InChI is InChI=1S/C33H26BrN5O4/c1-38(2)25-14-12-21(29(18-25)42-20-31(40)36-24-8-4-3-5-9-24)19-35-39-32(37-27-11-7-6-10-26(27)33(39)41)30-17-22-16-23(34)13-15-28(22)43-30/h3-19H,20H2,1-2H3,(H,36,40). The second-order valence-electron chi connectivity index (χ2n) is 9.93. The number of aromatic nitrogens is 2. The number of anilines is 2. The van der Waals surface area contributed by atoms with Gasteiger partial charge in [-0.05, 0) is 60.7 Å². The monoisotopic (exact) mass is 635 g/mol. The zero-order chi connectivity index (χ0) is 29.9. The van der Waals surface area contributed by atoms with Gasteiger partial charge in [-0.1, -0.05) is 46.3 Å². The van der Waals surface area contributed by atoms with E-state index in [9.17, 15) is 9.59 Å². The summed E-state index contributed by atoms with van der Waals surface area (Å²) < 4.78 is 14.2. The van der Waals surface area contributed by atoms with Crippen molar-refractivity contribution >= 4 is 61.3 Å². The highest BCUT2D eigenvalue weighted by Gasteiger charge is 2.17. The first kappa shape index (κ1) is 27.9. The van der Waals surface area contributed by atoms with E-state index in [4.69, 9.17) is 14.1 Å². The van der Waals surface area contributed by atoms with E-state index in [2.05, 4.69) is 26.3 Å². The molecule has 0 radical (unpaired) electrons. The summed E-state index contributed by atoms with van der Waals surface area (Å²) in [7, 11) is 3.82. The van der Waals surface area contributed by atoms with Crippen LogP contribution in [0, 0.1) is 0 Å². The van der Waals surface area contributed by atoms with Crippen molar-refractivity contribution in [2.75, 3.05) is 30.9 Å². The normalized spacial score (nSPS) is 11.3. The molecule has 9 nitrogen and oxygen atoms in total. The number of hydrogen-bond donors (Lipinski definition) is 1. The average molecular weight is 637 g/mol. The zero-order valence-electron chi connectivity index (χ0n) is 23.3. The molecular formula is C33H26BrN5O4. The van der Waals surface area contributed by atoms with Crippen LogP contribution in [0.3, 0.4) is 0 Å². The van der Waals surface area contributed by atoms with E-state index in [1.165, 1.54) is 10.9 Å². The molecule has 0 unspecified atom stereocenters. The molecule has 6 aromatic rings. The Hall–Kier alpha value is -5.22. The third kappa shape index (κ3) is 6.05. The average Bonchev–Trinajstić information content (AvgIpc) is 3.43. The molecular weight excluding hydrogens is 610 g/mol. The van der Waals surface area contributed by atoms with Crippen molar-refractivity contribution in [2.45, 2.75) is 0 Å². The maximum Gasteiger partial charge on any atom is 0.282 e. The second-order valence-corrected chi connectivity index (χ2v) is 10.8. The minimum atomic E-state index is -0.354. The fraction of sp³-hybridized carbons (Fsp3) is 0.0909. The highest BCUT2D eigenvalue weighted by Crippen LogP contribution is 2.30. The summed E-state index contributed by atoms with van der Waals surface area (Å²) in [6.45, 7) is -0.218. The number of carbonyl (C=O) groups excluding carboxylic acids is 1. The van der Waals surface area contributed by atoms with Crippen LogP contribution in [0.2, 0.25) is 0 Å². The molecule has 0 fully saturated rings. The number of fused-ring (bicyclic) bond motifs is 2. The van der Waals surface area contributed by atoms with Gasteiger partial charge in [0.15, 0.2) is 12.4 Å². The maximum absolute atomic E-state index is 13.7. The van der Waals surface area contributed by atoms with E-state index in [1.54, 1.807) is 30.3 Å². The van der Waals surface area contributed by atoms with Crippen molar-refractivity contribution in [1.29, 1.82) is 0 Å². The van der Waals surface area contributed by atoms with Gasteiger partial charge < -0.3 is 19.4 Å². The molecule has 214 valence electrons. The molecule has 2 heterocycles. The number of furan rings is 1. The van der Waals surface area contributed by atoms with Crippen LogP contribution in [-0.2, 0) is 4.79 Å². The molecule has 0 aliphatic rings. The van der Waals surface area contributed by atoms with Gasteiger partial charge in [0.05, 0.1) is 17.1 Å². The van der Waals surface area contributed by atoms with Crippen molar-refractivity contribution in [3.63, 3.8) is 0 Å². The van der Waals surface area contributed by atoms with Crippen LogP contribution in [0.5, 0.6) is 5.75 Å². The smallest absolute Gasteiger partial charge is 0.282 e. The van der Waals surface area contributed by atoms with Crippen LogP contribution in [-0.4, -0.2) is 42.5 Å². The Morgan fingerprint density at radius 3 is 2.63 bits per heavy atom. The summed E-state index contributed by atoms with van der Waals surface area (Å²) in [4.78, 5) is 33.0. The Balaban J connectivity index is 1.39. The molecule has 0 aliphatic carbocycles. The van der Waals surface area contributed by atoms with Crippen molar-refractivity contribution < 1.29 is 13.9 Å². The molecule has 6 rings (SSSR count). The van der Waals surface area contributed by atoms with Gasteiger partial charge in [0.1, 0.15) is 11.3 Å². The fourth-order valence-electron chi connectivity index (χ4n) is 4.53. The van der Waals surface area contributed by atoms with E-state index in [0.29, 0.717) is 39.2 Å². The summed E-state index contributed by atoms with van der Waals surface area (Å²) in [6.07, 6.45) is 1.52. The van der Waals surface area contributed by atoms with Crippen molar-refractivity contribution in [3.8, 4) is 17.3 Å². The van der Waals surface area contributed by atoms with Crippen LogP contribution in [0.4, 0.5) is 11.4 Å². The molecule has 1 amide bonds. The van der Waals surface area contributed by atoms with Crippen LogP contribution < -0.4 is 20.5 Å². The summed E-state index contributed by atoms with van der Waals surface area (Å²) in [5.41, 5.74) is 2.94. The minimum absolute atomic E-state index is 0.218. The molecule has 0 saturated carbocycles. The van der Waals surface area contributed by atoms with Gasteiger partial charge in [-0.15, -0.1) is 0 Å². The van der Waals surface area contributed by atoms with Gasteiger partial charge in [-0.3, -0.25) is 9.59 Å². The molecule has 10 heteroatoms. The van der Waals surface area contributed by atoms with Crippen LogP contribution in [0.1, 0.15) is 5.56 Å². The Labute approximate surface area is 255 Å². The third-order valence-electron chi connectivity index (χ3n) is 6.69. The molecule has 0 aliphatic heterocycles. The molecule has 4 aromatic carbocycles. The van der Waals surface area contributed by atoms with Gasteiger partial charge in [-0.25, -0.2) is 4.98 Å². The molecule has 0 bridgehead atoms. The number of hydrogen-bond acceptors (Lipinski definition) is 7. The Morgan fingerprint density at radius 1 is 1.02 bits per heavy atom. The van der Waals surface area contributed by atoms with E-state index in [-0.39, 0.29) is 23.9 Å². The van der Waals surface area contributed by atoms with Crippen molar-refractivity contribution in [2.24, 2.45) is 5.10 Å². The van der Waals surface area contributed by atoms with Gasteiger partial charge >= 0.3 is 0 Å². The van der Waals surface area contributed by atoms with E-state index in [0.717, 1.165) is 15.5 Å². The van der Waals surface area contributed by atoms with E-state index in [1.807, 2.05) is 85.7 Å². The van der Waals surface area contributed by atoms with E-state index < -0.39 is 0 Å². The van der Waals surface area contributed by atoms with Gasteiger partial charge in [0.25, 0.3) is 11.5 Å². The summed E-state index contributed by atoms with van der Waals surface area (Å²) in [6, 6.07) is 29.3. The Bertz CT molecular complexity index is 2050. The first-order chi connectivity index (χ1) is 20.9. The summed E-state index contributed by atoms with van der Waals surface area (Å²) in [5.74, 6) is 0.764. The number of benzene rings is 4. The summed E-state index contributed by atoms with van der Waals surface area (Å²) >= 11 is 3.49. The quantitative estimate of drug-likeness (QED) is 0.191. The molecule has 1 N–H and O–H groups in total. The van der Waals surface area contributed by atoms with Gasteiger partial charge in [0.2, 0.25) is 5.82 Å². The lowest BCUT2D eigenvalue weighted by Gasteiger charge is -2.16. The minimum Gasteiger partial charge on any atom is -0.483 e. The molecule has 0 saturated heterocycles. The summed E-state index contributed by atoms with van der Waals surface area (Å²) in [5, 5.41) is 8.66. The van der Waals surface area contributed by atoms with Crippen LogP contribution in [0.25, 0.3) is 33.5 Å². The van der Waals surface area contributed by atoms with E-state index >= 15 is 0 Å². The lowest BCUT2D eigenvalue weighted by atomic mass is 10.2. The fourth-order valence-corrected chi connectivity index (χ4v) is 4.91. The number of nitrogens with zero attached hydrogens (tertiary/aromatic N) is 4. The highest BCUT2D eigenvalue weighted by molar-refractivity contribution is 9.10. The van der Waals surface area contributed by atoms with Crippen LogP contribution >= 0.6 is 15.9 Å². The zero-order valence-corrected chi connectivity index (χ0v) is 24.9. The topological polar surface area (TPSA) is 102 Å². The molecule has 43 heavy (non-hydrogen) atoms. The maximum atomic E-state index is 13.7. The lowest BCUT2D eigenvalue weighted by Crippen LogP contribution is -2.21. The van der Waals surface area contributed by atoms with Crippen molar-refractivity contribution in [3.05, 3.63) is 117 Å². The number of rotatable bonds is 8. The third-order valence-corrected chi connectivity index (χ3v) is 7.19. The number of carbonyl (C=O) groups is 1. The first-order valence-corrected chi connectivity index (χ1v) is 14.2. The molecule has 0 spiro atoms. The first-order valence-electron chi connectivity index (χ1n) is 13.4. The number of halogens is 1. The predicted molar refractivity (Wildman–Crippen MR) is 173 cm³/mol. The van der Waals surface area contributed by atoms with Crippen molar-refractivity contribution in [1.82, 2.24) is 9.66 Å². The second kappa shape index (κ2) is 11.9. The SMILES string of the molecule is CN(C)c1ccc(C=Nn2c(-c3cc4cc(Br)ccc4o3)nc3ccccc3c2=O)c(OCC(=O)Nc2ccccc2)c1. The number of para-hydroxylation sites is 2. The highest BCUT2D eigenvalue weighted by atomic mass is 79.9. The van der Waals surface area contributed by atoms with Gasteiger partial charge in [-0.2, -0.15) is 9.78 Å². The molecule has 0 atom stereocenters. The number of nitrogens with one attached hydrogen (secondary N) is 1. The van der Waals surface area contributed by atoms with Crippen LogP contribution in [0.15, 0.2) is 116 Å². The lowest BCUT2D eigenvalue weighted by molar-refractivity contribution is -0.118. The predicted octanol–water partition coefficient (Wildman–Crippen LogP) is 6.54. The largest absolute Gasteiger partial charge is 0.483 e. The van der Waals surface area contributed by atoms with Gasteiger partial charge in [0, 0.05) is 47.0 Å². The Morgan fingerprint density at radius 2 is 1.81 bits per heavy atom. The Kier molecular flexibility index (Phi) is 7.76. The molecule has 2 aromatic heterocycles.